The molecule has 0 radical (unpaired) electrons. The molecule has 0 heterocycles. The maximum atomic E-state index is 5.41. The first kappa shape index (κ1) is 19.3. The summed E-state index contributed by atoms with van der Waals surface area (Å²) in [7, 11) is 1.69. The average molecular weight is 394 g/mol. The Kier molecular flexibility index (Phi) is 13.4. The van der Waals surface area contributed by atoms with Crippen LogP contribution in [0.2, 0.25) is 0 Å². The summed E-state index contributed by atoms with van der Waals surface area (Å²) in [4.78, 5) is 0. The van der Waals surface area contributed by atoms with Crippen LogP contribution in [-0.4, -0.2) is 12.5 Å². The van der Waals surface area contributed by atoms with E-state index in [-0.39, 0.29) is 0 Å². The molecular formula is C16H27IOS. The average Bonchev–Trinajstić information content (AvgIpc) is 2.34. The monoisotopic (exact) mass is 394 g/mol. The van der Waals surface area contributed by atoms with Crippen molar-refractivity contribution in [2.45, 2.75) is 53.4 Å². The Bertz CT molecular complexity index is 315. The van der Waals surface area contributed by atoms with Crippen molar-refractivity contribution in [2.24, 2.45) is 0 Å². The third kappa shape index (κ3) is 14.5. The van der Waals surface area contributed by atoms with Gasteiger partial charge < -0.3 is 4.74 Å². The molecular weight excluding hydrogens is 367 g/mol. The van der Waals surface area contributed by atoms with Gasteiger partial charge in [0.05, 0.1) is 6.61 Å². The quantitative estimate of drug-likeness (QED) is 0.182. The predicted octanol–water partition coefficient (Wildman–Crippen LogP) is 6.46. The number of allylic oxidation sites excluding steroid dienone is 5. The lowest BCUT2D eigenvalue weighted by Crippen LogP contribution is -1.89. The molecule has 0 unspecified atom stereocenters. The standard InChI is InChI=1S/C16H27IOS/c1-14(2)7-5-8-15(3)9-6-10-16(4)11-12-18-13-19-17/h7,9,11H,5-6,8,10,12-13H2,1-4H3/b15-9+,16-11+. The summed E-state index contributed by atoms with van der Waals surface area (Å²) >= 11 is 2.25. The van der Waals surface area contributed by atoms with Gasteiger partial charge in [0.25, 0.3) is 0 Å². The second-order valence-electron chi connectivity index (χ2n) is 5.06. The minimum absolute atomic E-state index is 0.741. The molecule has 0 N–H and O–H groups in total. The second kappa shape index (κ2) is 13.3. The van der Waals surface area contributed by atoms with Crippen LogP contribution in [0.1, 0.15) is 53.4 Å². The van der Waals surface area contributed by atoms with Crippen molar-refractivity contribution >= 4 is 30.1 Å². The van der Waals surface area contributed by atoms with Crippen LogP contribution in [-0.2, 0) is 4.74 Å². The number of rotatable bonds is 10. The highest BCUT2D eigenvalue weighted by Crippen LogP contribution is 2.12. The van der Waals surface area contributed by atoms with Crippen molar-refractivity contribution in [2.75, 3.05) is 12.5 Å². The summed E-state index contributed by atoms with van der Waals surface area (Å²) in [6, 6.07) is 0. The third-order valence-corrected chi connectivity index (χ3v) is 3.82. The van der Waals surface area contributed by atoms with Crippen molar-refractivity contribution < 1.29 is 4.74 Å². The first-order valence-corrected chi connectivity index (χ1v) is 10.3. The van der Waals surface area contributed by atoms with Crippen LogP contribution < -0.4 is 0 Å². The van der Waals surface area contributed by atoms with E-state index in [1.807, 2.05) is 0 Å². The predicted molar refractivity (Wildman–Crippen MR) is 97.8 cm³/mol. The van der Waals surface area contributed by atoms with Crippen molar-refractivity contribution in [3.63, 3.8) is 0 Å². The molecule has 19 heavy (non-hydrogen) atoms. The highest BCUT2D eigenvalue weighted by molar-refractivity contribution is 14.2. The van der Waals surface area contributed by atoms with Gasteiger partial charge in [-0.15, -0.1) is 0 Å². The second-order valence-corrected chi connectivity index (χ2v) is 7.38. The van der Waals surface area contributed by atoms with E-state index in [0.29, 0.717) is 0 Å². The van der Waals surface area contributed by atoms with Crippen LogP contribution in [0.15, 0.2) is 34.9 Å². The van der Waals surface area contributed by atoms with Gasteiger partial charge in [0.15, 0.2) is 0 Å². The van der Waals surface area contributed by atoms with Crippen LogP contribution in [0.4, 0.5) is 0 Å². The molecule has 0 atom stereocenters. The van der Waals surface area contributed by atoms with Crippen LogP contribution in [0.5, 0.6) is 0 Å². The molecule has 0 aromatic carbocycles. The Morgan fingerprint density at radius 1 is 0.947 bits per heavy atom. The zero-order valence-electron chi connectivity index (χ0n) is 12.7. The number of ether oxygens (including phenoxy) is 1. The van der Waals surface area contributed by atoms with E-state index in [9.17, 15) is 0 Å². The molecule has 3 heteroatoms. The molecule has 0 spiro atoms. The fourth-order valence-electron chi connectivity index (χ4n) is 1.62. The van der Waals surface area contributed by atoms with E-state index in [1.54, 1.807) is 8.93 Å². The molecule has 0 aromatic rings. The van der Waals surface area contributed by atoms with E-state index >= 15 is 0 Å². The summed E-state index contributed by atoms with van der Waals surface area (Å²) in [6.45, 7) is 9.48. The minimum atomic E-state index is 0.741. The topological polar surface area (TPSA) is 9.23 Å². The fraction of sp³-hybridized carbons (Fsp3) is 0.625. The third-order valence-electron chi connectivity index (χ3n) is 2.80. The molecule has 0 amide bonds. The summed E-state index contributed by atoms with van der Waals surface area (Å²) in [5, 5.41) is 0. The molecule has 0 saturated heterocycles. The number of halogens is 1. The van der Waals surface area contributed by atoms with Gasteiger partial charge >= 0.3 is 0 Å². The minimum Gasteiger partial charge on any atom is -0.366 e. The van der Waals surface area contributed by atoms with Gasteiger partial charge in [-0.1, -0.05) is 43.9 Å². The Morgan fingerprint density at radius 3 is 2.11 bits per heavy atom. The molecule has 0 aliphatic carbocycles. The first-order valence-electron chi connectivity index (χ1n) is 6.82. The molecule has 0 bridgehead atoms. The Balaban J connectivity index is 3.77. The van der Waals surface area contributed by atoms with Gasteiger partial charge in [-0.25, -0.2) is 0 Å². The summed E-state index contributed by atoms with van der Waals surface area (Å²) in [5.74, 6) is 0.772. The Labute approximate surface area is 135 Å². The first-order chi connectivity index (χ1) is 9.06. The van der Waals surface area contributed by atoms with E-state index in [0.717, 1.165) is 25.4 Å². The highest BCUT2D eigenvalue weighted by atomic mass is 127. The normalized spacial score (nSPS) is 12.7. The summed E-state index contributed by atoms with van der Waals surface area (Å²) < 4.78 is 5.41. The van der Waals surface area contributed by atoms with Gasteiger partial charge in [-0.2, -0.15) is 0 Å². The molecule has 0 fully saturated rings. The van der Waals surface area contributed by atoms with Gasteiger partial charge in [-0.3, -0.25) is 0 Å². The molecule has 0 rings (SSSR count). The van der Waals surface area contributed by atoms with E-state index in [2.05, 4.69) is 67.1 Å². The van der Waals surface area contributed by atoms with Gasteiger partial charge in [0, 0.05) is 0 Å². The van der Waals surface area contributed by atoms with Crippen LogP contribution in [0.25, 0.3) is 0 Å². The van der Waals surface area contributed by atoms with Gasteiger partial charge in [0.2, 0.25) is 0 Å². The summed E-state index contributed by atoms with van der Waals surface area (Å²) in [6.07, 6.45) is 11.5. The molecule has 0 aliphatic rings. The summed E-state index contributed by atoms with van der Waals surface area (Å²) in [5.41, 5.74) is 4.34. The lowest BCUT2D eigenvalue weighted by molar-refractivity contribution is 0.217. The van der Waals surface area contributed by atoms with E-state index < -0.39 is 0 Å². The fourth-order valence-corrected chi connectivity index (χ4v) is 2.32. The lowest BCUT2D eigenvalue weighted by atomic mass is 10.1. The number of hydrogen-bond donors (Lipinski definition) is 0. The maximum absolute atomic E-state index is 5.41. The van der Waals surface area contributed by atoms with Crippen LogP contribution >= 0.6 is 30.1 Å². The van der Waals surface area contributed by atoms with Gasteiger partial charge in [-0.05, 0) is 74.6 Å². The van der Waals surface area contributed by atoms with Crippen molar-refractivity contribution in [1.29, 1.82) is 0 Å². The number of hydrogen-bond acceptors (Lipinski definition) is 2. The van der Waals surface area contributed by atoms with Crippen LogP contribution in [0.3, 0.4) is 0 Å². The Morgan fingerprint density at radius 2 is 1.53 bits per heavy atom. The van der Waals surface area contributed by atoms with E-state index in [4.69, 9.17) is 4.74 Å². The molecule has 0 saturated carbocycles. The van der Waals surface area contributed by atoms with Crippen molar-refractivity contribution in [1.82, 2.24) is 0 Å². The SMILES string of the molecule is CC(C)=CCC/C(C)=C/CC/C(C)=C/COCSI. The zero-order chi connectivity index (χ0) is 14.5. The van der Waals surface area contributed by atoms with Crippen molar-refractivity contribution in [3.8, 4) is 0 Å². The molecule has 0 aromatic heterocycles. The Hall–Kier alpha value is 0.260. The van der Waals surface area contributed by atoms with Gasteiger partial charge in [0.1, 0.15) is 5.94 Å². The zero-order valence-corrected chi connectivity index (χ0v) is 15.6. The smallest absolute Gasteiger partial charge is 0.102 e. The highest BCUT2D eigenvalue weighted by Gasteiger charge is 1.92. The molecule has 1 nitrogen and oxygen atoms in total. The van der Waals surface area contributed by atoms with Crippen molar-refractivity contribution in [3.05, 3.63) is 34.9 Å². The lowest BCUT2D eigenvalue weighted by Gasteiger charge is -2.02. The van der Waals surface area contributed by atoms with E-state index in [1.165, 1.54) is 29.6 Å². The molecule has 0 aliphatic heterocycles. The van der Waals surface area contributed by atoms with Crippen LogP contribution in [0, 0.1) is 0 Å². The largest absolute Gasteiger partial charge is 0.366 e. The molecule has 110 valence electrons. The maximum Gasteiger partial charge on any atom is 0.102 e.